The van der Waals surface area contributed by atoms with E-state index in [1.807, 2.05) is 18.7 Å². The van der Waals surface area contributed by atoms with Crippen molar-refractivity contribution in [3.05, 3.63) is 0 Å². The topological polar surface area (TPSA) is 41.6 Å². The zero-order chi connectivity index (χ0) is 11.3. The fourth-order valence-corrected chi connectivity index (χ4v) is 1.88. The Morgan fingerprint density at radius 3 is 2.53 bits per heavy atom. The van der Waals surface area contributed by atoms with Crippen molar-refractivity contribution in [3.8, 4) is 0 Å². The largest absolute Gasteiger partial charge is 0.384 e. The summed E-state index contributed by atoms with van der Waals surface area (Å²) in [5.74, 6) is 0.623. The van der Waals surface area contributed by atoms with Gasteiger partial charge in [-0.3, -0.25) is 0 Å². The molecule has 0 spiro atoms. The molecule has 0 atom stereocenters. The van der Waals surface area contributed by atoms with Crippen molar-refractivity contribution in [2.45, 2.75) is 32.7 Å². The third kappa shape index (κ3) is 4.08. The van der Waals surface area contributed by atoms with Crippen LogP contribution in [0.25, 0.3) is 0 Å². The van der Waals surface area contributed by atoms with Gasteiger partial charge < -0.3 is 15.0 Å². The first kappa shape index (κ1) is 12.3. The Hall–Kier alpha value is -0.770. The molecule has 0 aromatic rings. The lowest BCUT2D eigenvalue weighted by atomic mass is 9.98. The lowest BCUT2D eigenvalue weighted by Crippen LogP contribution is -2.46. The van der Waals surface area contributed by atoms with Gasteiger partial charge in [0.2, 0.25) is 0 Å². The molecule has 15 heavy (non-hydrogen) atoms. The zero-order valence-electron chi connectivity index (χ0n) is 9.95. The maximum atomic E-state index is 11.7. The molecule has 1 saturated heterocycles. The molecule has 1 rings (SSSR count). The van der Waals surface area contributed by atoms with Crippen molar-refractivity contribution in [1.82, 2.24) is 10.2 Å². The lowest BCUT2D eigenvalue weighted by molar-refractivity contribution is 0.106. The molecule has 0 unspecified atom stereocenters. The minimum Gasteiger partial charge on any atom is -0.384 e. The molecule has 4 nitrogen and oxygen atoms in total. The van der Waals surface area contributed by atoms with Crippen LogP contribution in [0.1, 0.15) is 26.7 Å². The van der Waals surface area contributed by atoms with E-state index in [9.17, 15) is 4.79 Å². The first-order chi connectivity index (χ1) is 7.13. The van der Waals surface area contributed by atoms with Gasteiger partial charge >= 0.3 is 6.03 Å². The van der Waals surface area contributed by atoms with Crippen molar-refractivity contribution < 1.29 is 9.53 Å². The maximum absolute atomic E-state index is 11.7. The second kappa shape index (κ2) is 5.95. The molecule has 0 radical (unpaired) electrons. The Balaban J connectivity index is 2.27. The van der Waals surface area contributed by atoms with Crippen LogP contribution in [0, 0.1) is 5.92 Å². The Kier molecular flexibility index (Phi) is 4.88. The van der Waals surface area contributed by atoms with Crippen LogP contribution in [0.5, 0.6) is 0 Å². The Morgan fingerprint density at radius 2 is 2.07 bits per heavy atom. The summed E-state index contributed by atoms with van der Waals surface area (Å²) in [5, 5.41) is 2.92. The Morgan fingerprint density at radius 1 is 1.47 bits per heavy atom. The van der Waals surface area contributed by atoms with Gasteiger partial charge in [-0.25, -0.2) is 4.79 Å². The number of piperidine rings is 1. The molecule has 0 aromatic carbocycles. The second-order valence-corrected chi connectivity index (χ2v) is 4.49. The van der Waals surface area contributed by atoms with Crippen molar-refractivity contribution in [2.75, 3.05) is 26.8 Å². The number of hydrogen-bond donors (Lipinski definition) is 1. The summed E-state index contributed by atoms with van der Waals surface area (Å²) in [5.41, 5.74) is 0. The van der Waals surface area contributed by atoms with Crippen LogP contribution in [-0.4, -0.2) is 43.8 Å². The van der Waals surface area contributed by atoms with Crippen LogP contribution in [0.15, 0.2) is 0 Å². The minimum atomic E-state index is 0.0702. The van der Waals surface area contributed by atoms with E-state index >= 15 is 0 Å². The average molecular weight is 214 g/mol. The molecule has 88 valence electrons. The predicted molar refractivity (Wildman–Crippen MR) is 59.8 cm³/mol. The highest BCUT2D eigenvalue weighted by atomic mass is 16.5. The van der Waals surface area contributed by atoms with Crippen molar-refractivity contribution >= 4 is 6.03 Å². The van der Waals surface area contributed by atoms with Crippen molar-refractivity contribution in [3.63, 3.8) is 0 Å². The molecule has 2 amide bonds. The van der Waals surface area contributed by atoms with Gasteiger partial charge in [-0.1, -0.05) is 0 Å². The summed E-state index contributed by atoms with van der Waals surface area (Å²) in [6.45, 7) is 6.49. The van der Waals surface area contributed by atoms with Gasteiger partial charge in [0.15, 0.2) is 0 Å². The maximum Gasteiger partial charge on any atom is 0.317 e. The number of amides is 2. The number of nitrogens with one attached hydrogen (secondary N) is 1. The highest BCUT2D eigenvalue weighted by Gasteiger charge is 2.22. The molecule has 1 N–H and O–H groups in total. The molecule has 1 heterocycles. The van der Waals surface area contributed by atoms with Gasteiger partial charge in [0.1, 0.15) is 0 Å². The first-order valence-electron chi connectivity index (χ1n) is 5.68. The standard InChI is InChI=1S/C11H22N2O2/c1-9(2)12-11(14)13-6-4-10(5-7-13)8-15-3/h9-10H,4-8H2,1-3H3,(H,12,14). The Labute approximate surface area is 92.0 Å². The zero-order valence-corrected chi connectivity index (χ0v) is 9.95. The number of carbonyl (C=O) groups is 1. The fourth-order valence-electron chi connectivity index (χ4n) is 1.88. The number of carbonyl (C=O) groups excluding carboxylic acids is 1. The lowest BCUT2D eigenvalue weighted by Gasteiger charge is -2.32. The summed E-state index contributed by atoms with van der Waals surface area (Å²) in [6, 6.07) is 0.287. The molecule has 4 heteroatoms. The number of rotatable bonds is 3. The summed E-state index contributed by atoms with van der Waals surface area (Å²) in [4.78, 5) is 13.6. The molecular weight excluding hydrogens is 192 g/mol. The summed E-state index contributed by atoms with van der Waals surface area (Å²) < 4.78 is 5.12. The number of nitrogens with zero attached hydrogens (tertiary/aromatic N) is 1. The van der Waals surface area contributed by atoms with Gasteiger partial charge in [-0.15, -0.1) is 0 Å². The smallest absolute Gasteiger partial charge is 0.317 e. The van der Waals surface area contributed by atoms with Crippen molar-refractivity contribution in [1.29, 1.82) is 0 Å². The Bertz CT molecular complexity index is 199. The predicted octanol–water partition coefficient (Wildman–Crippen LogP) is 1.46. The molecule has 1 aliphatic rings. The van der Waals surface area contributed by atoms with E-state index in [-0.39, 0.29) is 12.1 Å². The van der Waals surface area contributed by atoms with Crippen LogP contribution < -0.4 is 5.32 Å². The number of ether oxygens (including phenoxy) is 1. The van der Waals surface area contributed by atoms with Crippen LogP contribution in [0.4, 0.5) is 4.79 Å². The molecule has 0 aromatic heterocycles. The van der Waals surface area contributed by atoms with Crippen LogP contribution in [0.3, 0.4) is 0 Å². The first-order valence-corrected chi connectivity index (χ1v) is 5.68. The number of hydrogen-bond acceptors (Lipinski definition) is 2. The average Bonchev–Trinajstić information content (AvgIpc) is 2.18. The van der Waals surface area contributed by atoms with E-state index in [0.29, 0.717) is 5.92 Å². The molecule has 1 aliphatic heterocycles. The van der Waals surface area contributed by atoms with E-state index in [2.05, 4.69) is 5.32 Å². The summed E-state index contributed by atoms with van der Waals surface area (Å²) in [6.07, 6.45) is 2.11. The number of methoxy groups -OCH3 is 1. The highest BCUT2D eigenvalue weighted by Crippen LogP contribution is 2.17. The van der Waals surface area contributed by atoms with E-state index in [1.54, 1.807) is 7.11 Å². The minimum absolute atomic E-state index is 0.0702. The number of urea groups is 1. The third-order valence-corrected chi connectivity index (χ3v) is 2.72. The monoisotopic (exact) mass is 214 g/mol. The quantitative estimate of drug-likeness (QED) is 0.773. The van der Waals surface area contributed by atoms with E-state index < -0.39 is 0 Å². The normalized spacial score (nSPS) is 18.3. The fraction of sp³-hybridized carbons (Fsp3) is 0.909. The van der Waals surface area contributed by atoms with E-state index in [4.69, 9.17) is 4.74 Å². The SMILES string of the molecule is COCC1CCN(C(=O)NC(C)C)CC1. The van der Waals surface area contributed by atoms with Crippen LogP contribution >= 0.6 is 0 Å². The third-order valence-electron chi connectivity index (χ3n) is 2.72. The summed E-state index contributed by atoms with van der Waals surface area (Å²) >= 11 is 0. The van der Waals surface area contributed by atoms with Crippen molar-refractivity contribution in [2.24, 2.45) is 5.92 Å². The molecule has 0 bridgehead atoms. The van der Waals surface area contributed by atoms with E-state index in [0.717, 1.165) is 32.5 Å². The summed E-state index contributed by atoms with van der Waals surface area (Å²) in [7, 11) is 1.73. The van der Waals surface area contributed by atoms with E-state index in [1.165, 1.54) is 0 Å². The molecule has 1 fully saturated rings. The van der Waals surface area contributed by atoms with Crippen LogP contribution in [0.2, 0.25) is 0 Å². The van der Waals surface area contributed by atoms with Gasteiger partial charge in [0.05, 0.1) is 0 Å². The highest BCUT2D eigenvalue weighted by molar-refractivity contribution is 5.74. The molecular formula is C11H22N2O2. The van der Waals surface area contributed by atoms with Gasteiger partial charge in [0, 0.05) is 32.8 Å². The van der Waals surface area contributed by atoms with Gasteiger partial charge in [-0.05, 0) is 32.6 Å². The molecule has 0 saturated carbocycles. The molecule has 0 aliphatic carbocycles. The second-order valence-electron chi connectivity index (χ2n) is 4.49. The van der Waals surface area contributed by atoms with Crippen LogP contribution in [-0.2, 0) is 4.74 Å². The van der Waals surface area contributed by atoms with Gasteiger partial charge in [0.25, 0.3) is 0 Å². The van der Waals surface area contributed by atoms with Gasteiger partial charge in [-0.2, -0.15) is 0 Å². The number of likely N-dealkylation sites (tertiary alicyclic amines) is 1.